The minimum absolute atomic E-state index is 0.823. The third-order valence-corrected chi connectivity index (χ3v) is 10.3. The van der Waals surface area contributed by atoms with E-state index in [4.69, 9.17) is 11.1 Å². The molecular formula is C13H27ClSi. The van der Waals surface area contributed by atoms with Gasteiger partial charge in [0.25, 0.3) is 0 Å². The van der Waals surface area contributed by atoms with Crippen molar-refractivity contribution in [1.29, 1.82) is 0 Å². The van der Waals surface area contributed by atoms with Crippen molar-refractivity contribution in [2.75, 3.05) is 0 Å². The van der Waals surface area contributed by atoms with Crippen molar-refractivity contribution in [2.45, 2.75) is 59.2 Å². The summed E-state index contributed by atoms with van der Waals surface area (Å²) >= 11 is 6.90. The largest absolute Gasteiger partial charge is 0.167 e. The van der Waals surface area contributed by atoms with Gasteiger partial charge >= 0.3 is 0 Å². The summed E-state index contributed by atoms with van der Waals surface area (Å²) in [7, 11) is -1.51. The Morgan fingerprint density at radius 1 is 0.933 bits per heavy atom. The lowest BCUT2D eigenvalue weighted by atomic mass is 9.92. The van der Waals surface area contributed by atoms with E-state index in [0.717, 1.165) is 29.2 Å². The molecular weight excluding hydrogens is 220 g/mol. The average Bonchev–Trinajstić information content (AvgIpc) is 2.31. The SMILES string of the molecule is CCC[Si](C)(Cl)C1C(C)C(C)C(C)C1C. The van der Waals surface area contributed by atoms with Gasteiger partial charge in [0.1, 0.15) is 0 Å². The molecule has 2 heteroatoms. The fourth-order valence-electron chi connectivity index (χ4n) is 3.84. The van der Waals surface area contributed by atoms with Crippen molar-refractivity contribution >= 4 is 18.5 Å². The zero-order chi connectivity index (χ0) is 11.8. The summed E-state index contributed by atoms with van der Waals surface area (Å²) in [6, 6.07) is 1.29. The van der Waals surface area contributed by atoms with Crippen molar-refractivity contribution in [3.05, 3.63) is 0 Å². The molecule has 1 aliphatic rings. The van der Waals surface area contributed by atoms with Gasteiger partial charge in [-0.2, -0.15) is 11.1 Å². The van der Waals surface area contributed by atoms with E-state index in [2.05, 4.69) is 41.2 Å². The molecule has 0 saturated heterocycles. The molecule has 0 aromatic rings. The molecule has 1 aliphatic carbocycles. The van der Waals surface area contributed by atoms with Gasteiger partial charge in [-0.05, 0) is 35.3 Å². The molecule has 0 aromatic carbocycles. The fraction of sp³-hybridized carbons (Fsp3) is 1.00. The van der Waals surface area contributed by atoms with Gasteiger partial charge in [0.05, 0.1) is 0 Å². The van der Waals surface area contributed by atoms with Gasteiger partial charge in [0.15, 0.2) is 7.38 Å². The molecule has 5 atom stereocenters. The second kappa shape index (κ2) is 4.79. The number of hydrogen-bond acceptors (Lipinski definition) is 0. The Hall–Kier alpha value is 0.507. The summed E-state index contributed by atoms with van der Waals surface area (Å²) in [5.74, 6) is 3.37. The van der Waals surface area contributed by atoms with Crippen LogP contribution in [0.3, 0.4) is 0 Å². The smallest absolute Gasteiger partial charge is 0.157 e. The van der Waals surface area contributed by atoms with Crippen LogP contribution in [0.1, 0.15) is 41.0 Å². The third kappa shape index (κ3) is 2.44. The Morgan fingerprint density at radius 2 is 1.33 bits per heavy atom. The van der Waals surface area contributed by atoms with Crippen molar-refractivity contribution < 1.29 is 0 Å². The topological polar surface area (TPSA) is 0 Å². The van der Waals surface area contributed by atoms with E-state index in [0.29, 0.717) is 0 Å². The zero-order valence-corrected chi connectivity index (χ0v) is 12.9. The van der Waals surface area contributed by atoms with Crippen LogP contribution in [0.4, 0.5) is 0 Å². The van der Waals surface area contributed by atoms with Crippen LogP contribution < -0.4 is 0 Å². The molecule has 0 spiro atoms. The maximum absolute atomic E-state index is 6.90. The molecule has 0 heterocycles. The van der Waals surface area contributed by atoms with Crippen LogP contribution in [0.2, 0.25) is 18.1 Å². The quantitative estimate of drug-likeness (QED) is 0.478. The van der Waals surface area contributed by atoms with Crippen LogP contribution >= 0.6 is 11.1 Å². The van der Waals surface area contributed by atoms with Crippen molar-refractivity contribution in [3.63, 3.8) is 0 Å². The fourth-order valence-corrected chi connectivity index (χ4v) is 9.71. The van der Waals surface area contributed by atoms with Crippen LogP contribution in [0.15, 0.2) is 0 Å². The van der Waals surface area contributed by atoms with Gasteiger partial charge in [0.2, 0.25) is 0 Å². The molecule has 1 rings (SSSR count). The van der Waals surface area contributed by atoms with E-state index in [1.165, 1.54) is 12.5 Å². The number of hydrogen-bond donors (Lipinski definition) is 0. The molecule has 0 radical (unpaired) electrons. The highest BCUT2D eigenvalue weighted by molar-refractivity contribution is 7.20. The van der Waals surface area contributed by atoms with Crippen LogP contribution in [-0.4, -0.2) is 7.38 Å². The van der Waals surface area contributed by atoms with Crippen LogP contribution in [0.25, 0.3) is 0 Å². The molecule has 0 aromatic heterocycles. The summed E-state index contributed by atoms with van der Waals surface area (Å²) < 4.78 is 0. The van der Waals surface area contributed by atoms with Crippen molar-refractivity contribution in [3.8, 4) is 0 Å². The van der Waals surface area contributed by atoms with E-state index in [-0.39, 0.29) is 0 Å². The highest BCUT2D eigenvalue weighted by Crippen LogP contribution is 2.55. The first-order chi connectivity index (χ1) is 6.83. The molecule has 0 N–H and O–H groups in total. The average molecular weight is 247 g/mol. The number of halogens is 1. The van der Waals surface area contributed by atoms with Crippen molar-refractivity contribution in [1.82, 2.24) is 0 Å². The van der Waals surface area contributed by atoms with Gasteiger partial charge in [0, 0.05) is 0 Å². The van der Waals surface area contributed by atoms with E-state index >= 15 is 0 Å². The molecule has 0 amide bonds. The predicted octanol–water partition coefficient (Wildman–Crippen LogP) is 5.14. The Labute approximate surface area is 102 Å². The molecule has 1 fully saturated rings. The standard InChI is InChI=1S/C13H27ClSi/c1-7-8-15(6,14)13-11(4)9(2)10(3)12(13)5/h9-13H,7-8H2,1-6H3. The first-order valence-corrected chi connectivity index (χ1v) is 10.3. The second-order valence-corrected chi connectivity index (χ2v) is 12.3. The lowest BCUT2D eigenvalue weighted by molar-refractivity contribution is 0.352. The summed E-state index contributed by atoms with van der Waals surface area (Å²) in [5.41, 5.74) is 0.823. The van der Waals surface area contributed by atoms with Gasteiger partial charge in [-0.1, -0.05) is 47.6 Å². The van der Waals surface area contributed by atoms with Crippen LogP contribution in [-0.2, 0) is 0 Å². The predicted molar refractivity (Wildman–Crippen MR) is 73.0 cm³/mol. The minimum atomic E-state index is -1.51. The van der Waals surface area contributed by atoms with Crippen LogP contribution in [0, 0.1) is 23.7 Å². The normalized spacial score (nSPS) is 45.4. The lowest BCUT2D eigenvalue weighted by Crippen LogP contribution is -2.34. The van der Waals surface area contributed by atoms with Gasteiger partial charge in [-0.15, -0.1) is 0 Å². The first kappa shape index (κ1) is 13.6. The Bertz CT molecular complexity index is 201. The van der Waals surface area contributed by atoms with Crippen molar-refractivity contribution in [2.24, 2.45) is 23.7 Å². The highest BCUT2D eigenvalue weighted by atomic mass is 35.6. The Balaban J connectivity index is 2.85. The lowest BCUT2D eigenvalue weighted by Gasteiger charge is -2.33. The summed E-state index contributed by atoms with van der Waals surface area (Å²) in [5, 5.41) is 0. The van der Waals surface area contributed by atoms with Gasteiger partial charge < -0.3 is 0 Å². The molecule has 0 nitrogen and oxygen atoms in total. The van der Waals surface area contributed by atoms with E-state index in [1.807, 2.05) is 0 Å². The summed E-state index contributed by atoms with van der Waals surface area (Å²) in [4.78, 5) is 0. The molecule has 0 aliphatic heterocycles. The minimum Gasteiger partial charge on any atom is -0.167 e. The van der Waals surface area contributed by atoms with Gasteiger partial charge in [-0.25, -0.2) is 0 Å². The van der Waals surface area contributed by atoms with E-state index in [1.54, 1.807) is 0 Å². The number of rotatable bonds is 3. The zero-order valence-electron chi connectivity index (χ0n) is 11.2. The molecule has 90 valence electrons. The second-order valence-electron chi connectivity index (χ2n) is 5.99. The van der Waals surface area contributed by atoms with E-state index < -0.39 is 7.38 Å². The highest BCUT2D eigenvalue weighted by Gasteiger charge is 2.50. The molecule has 15 heavy (non-hydrogen) atoms. The third-order valence-electron chi connectivity index (χ3n) is 5.05. The summed E-state index contributed by atoms with van der Waals surface area (Å²) in [6.45, 7) is 14.3. The van der Waals surface area contributed by atoms with Gasteiger partial charge in [-0.3, -0.25) is 0 Å². The molecule has 1 saturated carbocycles. The first-order valence-electron chi connectivity index (χ1n) is 6.51. The molecule has 5 unspecified atom stereocenters. The van der Waals surface area contributed by atoms with E-state index in [9.17, 15) is 0 Å². The molecule has 0 bridgehead atoms. The Morgan fingerprint density at radius 3 is 1.67 bits per heavy atom. The maximum Gasteiger partial charge on any atom is 0.157 e. The maximum atomic E-state index is 6.90. The summed E-state index contributed by atoms with van der Waals surface area (Å²) in [6.07, 6.45) is 1.25. The van der Waals surface area contributed by atoms with Crippen LogP contribution in [0.5, 0.6) is 0 Å². The monoisotopic (exact) mass is 246 g/mol. The Kier molecular flexibility index (Phi) is 4.33.